The van der Waals surface area contributed by atoms with Crippen LogP contribution in [0.25, 0.3) is 0 Å². The van der Waals surface area contributed by atoms with Gasteiger partial charge < -0.3 is 26.0 Å². The van der Waals surface area contributed by atoms with Crippen LogP contribution >= 0.6 is 0 Å². The number of carbonyl (C=O) groups is 5. The Morgan fingerprint density at radius 2 is 1.77 bits per heavy atom. The Bertz CT molecular complexity index is 1210. The first kappa shape index (κ1) is 30.8. The average molecular weight is 570 g/mol. The zero-order chi connectivity index (χ0) is 30.4. The smallest absolute Gasteiger partial charge is 0.471 e. The number of alkyl halides is 3. The van der Waals surface area contributed by atoms with Gasteiger partial charge in [-0.1, -0.05) is 40.7 Å². The van der Waals surface area contributed by atoms with Gasteiger partial charge in [0.2, 0.25) is 23.5 Å². The van der Waals surface area contributed by atoms with Crippen molar-refractivity contribution in [3.8, 4) is 5.88 Å². The minimum Gasteiger partial charge on any atom is -0.493 e. The number of Topliss-reactive ketones (excluding diaryl/α,β-unsaturated/α-hetero) is 1. The molecule has 0 radical (unpaired) electrons. The number of piperidine rings is 1. The molecule has 2 fully saturated rings. The van der Waals surface area contributed by atoms with Crippen LogP contribution in [-0.2, 0) is 30.4 Å². The third-order valence-electron chi connectivity index (χ3n) is 7.78. The lowest BCUT2D eigenvalue weighted by Crippen LogP contribution is -2.61. The SMILES string of the molecule is CNC(=O)C(=O)[C@H](Cc1cccnc1O)NC(=O)[C@@H]1[C@@H]2[C@H](CN1C(=O)C(NC(=O)C(F)(F)F)C(C)(C)C)C2(C)C. The molecule has 5 atom stereocenters. The average Bonchev–Trinajstić information content (AvgIpc) is 3.17. The Balaban J connectivity index is 1.93. The fourth-order valence-electron chi connectivity index (χ4n) is 5.40. The number of pyridine rings is 1. The van der Waals surface area contributed by atoms with Crippen LogP contribution in [0.4, 0.5) is 13.2 Å². The molecule has 2 aliphatic rings. The van der Waals surface area contributed by atoms with Gasteiger partial charge in [-0.3, -0.25) is 24.0 Å². The molecule has 0 aromatic carbocycles. The van der Waals surface area contributed by atoms with Crippen molar-refractivity contribution in [2.45, 2.75) is 65.3 Å². The summed E-state index contributed by atoms with van der Waals surface area (Å²) in [6, 6.07) is -1.27. The van der Waals surface area contributed by atoms with E-state index in [1.807, 2.05) is 13.8 Å². The predicted octanol–water partition coefficient (Wildman–Crippen LogP) is 0.706. The van der Waals surface area contributed by atoms with Gasteiger partial charge in [0.15, 0.2) is 0 Å². The van der Waals surface area contributed by atoms with Gasteiger partial charge in [-0.2, -0.15) is 13.2 Å². The van der Waals surface area contributed by atoms with Crippen molar-refractivity contribution in [3.63, 3.8) is 0 Å². The standard InChI is InChI=1S/C26H34F3N5O6/c1-24(2,3)18(33-23(40)26(27,28)29)22(39)34-11-13-15(25(13,4)5)16(34)20(37)32-14(17(35)21(38)30-6)10-12-8-7-9-31-19(12)36/h7-9,13-16,18H,10-11H2,1-6H3,(H,30,38)(H,31,36)(H,32,37)(H,33,40)/t13-,14-,15-,16-,18?/m0/s1. The minimum atomic E-state index is -5.22. The van der Waals surface area contributed by atoms with E-state index in [0.29, 0.717) is 0 Å². The molecule has 0 spiro atoms. The Morgan fingerprint density at radius 1 is 1.15 bits per heavy atom. The highest BCUT2D eigenvalue weighted by Crippen LogP contribution is 2.65. The van der Waals surface area contributed by atoms with Gasteiger partial charge in [0.25, 0.3) is 5.91 Å². The van der Waals surface area contributed by atoms with Crippen molar-refractivity contribution >= 4 is 29.4 Å². The van der Waals surface area contributed by atoms with Crippen LogP contribution in [0, 0.1) is 22.7 Å². The summed E-state index contributed by atoms with van der Waals surface area (Å²) in [6.45, 7) is 8.29. The van der Waals surface area contributed by atoms with Crippen molar-refractivity contribution in [2.24, 2.45) is 22.7 Å². The first-order valence-corrected chi connectivity index (χ1v) is 12.7. The molecule has 1 saturated carbocycles. The number of nitrogens with zero attached hydrogens (tertiary/aromatic N) is 2. The van der Waals surface area contributed by atoms with Crippen LogP contribution in [0.2, 0.25) is 0 Å². The molecule has 14 heteroatoms. The van der Waals surface area contributed by atoms with Crippen LogP contribution in [0.1, 0.15) is 40.2 Å². The quantitative estimate of drug-likeness (QED) is 0.336. The molecule has 40 heavy (non-hydrogen) atoms. The van der Waals surface area contributed by atoms with E-state index in [1.165, 1.54) is 46.1 Å². The van der Waals surface area contributed by atoms with Crippen LogP contribution in [0.15, 0.2) is 18.3 Å². The Morgan fingerprint density at radius 3 is 2.30 bits per heavy atom. The molecule has 220 valence electrons. The summed E-state index contributed by atoms with van der Waals surface area (Å²) >= 11 is 0. The number of aromatic nitrogens is 1. The lowest BCUT2D eigenvalue weighted by Gasteiger charge is -2.38. The molecule has 4 N–H and O–H groups in total. The number of carbonyl (C=O) groups excluding carboxylic acids is 5. The summed E-state index contributed by atoms with van der Waals surface area (Å²) in [5, 5.41) is 16.6. The van der Waals surface area contributed by atoms with E-state index in [9.17, 15) is 42.3 Å². The van der Waals surface area contributed by atoms with Crippen molar-refractivity contribution < 1.29 is 42.3 Å². The third-order valence-corrected chi connectivity index (χ3v) is 7.78. The summed E-state index contributed by atoms with van der Waals surface area (Å²) in [7, 11) is 1.23. The summed E-state index contributed by atoms with van der Waals surface area (Å²) in [5.41, 5.74) is -1.35. The number of hydrogen-bond acceptors (Lipinski definition) is 7. The van der Waals surface area contributed by atoms with E-state index in [1.54, 1.807) is 5.32 Å². The number of nitrogens with one attached hydrogen (secondary N) is 3. The molecule has 1 saturated heterocycles. The Labute approximate surface area is 229 Å². The van der Waals surface area contributed by atoms with Crippen molar-refractivity contribution in [3.05, 3.63) is 23.9 Å². The zero-order valence-electron chi connectivity index (χ0n) is 23.0. The van der Waals surface area contributed by atoms with E-state index < -0.39 is 65.0 Å². The van der Waals surface area contributed by atoms with Crippen LogP contribution in [0.5, 0.6) is 5.88 Å². The molecule has 2 heterocycles. The largest absolute Gasteiger partial charge is 0.493 e. The molecule has 1 unspecified atom stereocenters. The van der Waals surface area contributed by atoms with E-state index in [4.69, 9.17) is 0 Å². The van der Waals surface area contributed by atoms with Crippen LogP contribution < -0.4 is 16.0 Å². The van der Waals surface area contributed by atoms with E-state index in [-0.39, 0.29) is 35.8 Å². The highest BCUT2D eigenvalue weighted by atomic mass is 19.4. The first-order chi connectivity index (χ1) is 18.3. The molecule has 0 bridgehead atoms. The van der Waals surface area contributed by atoms with E-state index in [0.717, 1.165) is 4.90 Å². The van der Waals surface area contributed by atoms with Crippen LogP contribution in [0.3, 0.4) is 0 Å². The summed E-state index contributed by atoms with van der Waals surface area (Å²) < 4.78 is 39.1. The van der Waals surface area contributed by atoms with Gasteiger partial charge in [0.05, 0.1) is 0 Å². The number of likely N-dealkylation sites (N-methyl/N-ethyl adjacent to an activating group) is 1. The molecule has 1 aromatic rings. The van der Waals surface area contributed by atoms with E-state index in [2.05, 4.69) is 15.6 Å². The number of amides is 4. The maximum atomic E-state index is 13.7. The first-order valence-electron chi connectivity index (χ1n) is 12.7. The number of halogens is 3. The fourth-order valence-corrected chi connectivity index (χ4v) is 5.40. The topological polar surface area (TPSA) is 158 Å². The molecule has 1 aliphatic heterocycles. The monoisotopic (exact) mass is 569 g/mol. The number of ketones is 1. The van der Waals surface area contributed by atoms with E-state index >= 15 is 0 Å². The fraction of sp³-hybridized carbons (Fsp3) is 0.615. The zero-order valence-corrected chi connectivity index (χ0v) is 23.0. The van der Waals surface area contributed by atoms with Gasteiger partial charge >= 0.3 is 12.1 Å². The number of aromatic hydroxyl groups is 1. The maximum absolute atomic E-state index is 13.7. The highest BCUT2D eigenvalue weighted by Gasteiger charge is 2.70. The molecule has 11 nitrogen and oxygen atoms in total. The third kappa shape index (κ3) is 6.04. The highest BCUT2D eigenvalue weighted by molar-refractivity contribution is 6.38. The van der Waals surface area contributed by atoms with Gasteiger partial charge in [-0.15, -0.1) is 0 Å². The molecule has 1 aliphatic carbocycles. The summed E-state index contributed by atoms with van der Waals surface area (Å²) in [5.74, 6) is -6.87. The number of likely N-dealkylation sites (tertiary alicyclic amines) is 1. The van der Waals surface area contributed by atoms with Gasteiger partial charge in [0, 0.05) is 31.8 Å². The molecule has 3 rings (SSSR count). The van der Waals surface area contributed by atoms with Crippen molar-refractivity contribution in [1.29, 1.82) is 0 Å². The second-order valence-corrected chi connectivity index (χ2v) is 11.9. The second kappa shape index (κ2) is 10.7. The molecular formula is C26H34F3N5O6. The van der Waals surface area contributed by atoms with Crippen molar-refractivity contribution in [1.82, 2.24) is 25.8 Å². The van der Waals surface area contributed by atoms with Crippen molar-refractivity contribution in [2.75, 3.05) is 13.6 Å². The van der Waals surface area contributed by atoms with Gasteiger partial charge in [-0.05, 0) is 28.7 Å². The lowest BCUT2D eigenvalue weighted by atomic mass is 9.85. The Hall–Kier alpha value is -3.71. The Kier molecular flexibility index (Phi) is 8.24. The maximum Gasteiger partial charge on any atom is 0.471 e. The predicted molar refractivity (Wildman–Crippen MR) is 134 cm³/mol. The lowest BCUT2D eigenvalue weighted by molar-refractivity contribution is -0.176. The van der Waals surface area contributed by atoms with Gasteiger partial charge in [0.1, 0.15) is 18.1 Å². The number of hydrogen-bond donors (Lipinski definition) is 4. The molecule has 4 amide bonds. The molecule has 1 aromatic heterocycles. The van der Waals surface area contributed by atoms with Crippen LogP contribution in [-0.4, -0.2) is 82.3 Å². The number of fused-ring (bicyclic) bond motifs is 1. The second-order valence-electron chi connectivity index (χ2n) is 11.9. The van der Waals surface area contributed by atoms with Gasteiger partial charge in [-0.25, -0.2) is 4.98 Å². The summed E-state index contributed by atoms with van der Waals surface area (Å²) in [6.07, 6.45) is -4.20. The minimum absolute atomic E-state index is 0.0561. The summed E-state index contributed by atoms with van der Waals surface area (Å²) in [4.78, 5) is 69.0. The normalized spacial score (nSPS) is 22.9. The molecular weight excluding hydrogens is 535 g/mol. The number of rotatable bonds is 8.